The SMILES string of the molecule is CCCC1CC1NC(=NCC(O)c1ccc(OC(C)C)cc1)NCC. The number of guanidine groups is 1. The number of aliphatic hydroxyl groups excluding tert-OH is 1. The van der Waals surface area contributed by atoms with Gasteiger partial charge in [0.25, 0.3) is 0 Å². The summed E-state index contributed by atoms with van der Waals surface area (Å²) in [7, 11) is 0. The average molecular weight is 348 g/mol. The summed E-state index contributed by atoms with van der Waals surface area (Å²) in [5.74, 6) is 2.39. The van der Waals surface area contributed by atoms with E-state index in [-0.39, 0.29) is 6.10 Å². The number of nitrogens with zero attached hydrogens (tertiary/aromatic N) is 1. The maximum atomic E-state index is 10.4. The van der Waals surface area contributed by atoms with Gasteiger partial charge < -0.3 is 20.5 Å². The predicted octanol–water partition coefficient (Wildman–Crippen LogP) is 3.25. The summed E-state index contributed by atoms with van der Waals surface area (Å²) in [4.78, 5) is 4.55. The number of aliphatic imine (C=N–C) groups is 1. The van der Waals surface area contributed by atoms with Crippen LogP contribution in [0.5, 0.6) is 5.75 Å². The first-order valence-corrected chi connectivity index (χ1v) is 9.53. The highest BCUT2D eigenvalue weighted by molar-refractivity contribution is 5.80. The van der Waals surface area contributed by atoms with Crippen molar-refractivity contribution in [3.63, 3.8) is 0 Å². The van der Waals surface area contributed by atoms with Crippen LogP contribution < -0.4 is 15.4 Å². The summed E-state index contributed by atoms with van der Waals surface area (Å²) < 4.78 is 5.63. The van der Waals surface area contributed by atoms with E-state index < -0.39 is 6.10 Å². The van der Waals surface area contributed by atoms with Crippen molar-refractivity contribution in [2.75, 3.05) is 13.1 Å². The van der Waals surface area contributed by atoms with E-state index in [0.29, 0.717) is 12.6 Å². The molecule has 3 unspecified atom stereocenters. The van der Waals surface area contributed by atoms with Crippen LogP contribution in [0.4, 0.5) is 0 Å². The van der Waals surface area contributed by atoms with Crippen LogP contribution in [0.15, 0.2) is 29.3 Å². The van der Waals surface area contributed by atoms with Crippen LogP contribution in [0.2, 0.25) is 0 Å². The van der Waals surface area contributed by atoms with Gasteiger partial charge in [-0.25, -0.2) is 0 Å². The van der Waals surface area contributed by atoms with Crippen LogP contribution in [-0.4, -0.2) is 36.3 Å². The molecular weight excluding hydrogens is 314 g/mol. The lowest BCUT2D eigenvalue weighted by atomic mass is 10.1. The molecule has 1 aliphatic carbocycles. The van der Waals surface area contributed by atoms with Crippen molar-refractivity contribution >= 4 is 5.96 Å². The van der Waals surface area contributed by atoms with Gasteiger partial charge in [-0.3, -0.25) is 4.99 Å². The second-order valence-corrected chi connectivity index (χ2v) is 7.01. The number of hydrogen-bond donors (Lipinski definition) is 3. The second kappa shape index (κ2) is 9.66. The standard InChI is InChI=1S/C20H33N3O2/c1-5-7-16-12-18(16)23-20(21-6-2)22-13-19(24)15-8-10-17(11-9-15)25-14(3)4/h8-11,14,16,18-19,24H,5-7,12-13H2,1-4H3,(H2,21,22,23). The van der Waals surface area contributed by atoms with E-state index in [4.69, 9.17) is 4.74 Å². The number of benzene rings is 1. The molecule has 5 heteroatoms. The average Bonchev–Trinajstić information content (AvgIpc) is 3.30. The van der Waals surface area contributed by atoms with Crippen LogP contribution in [0.3, 0.4) is 0 Å². The second-order valence-electron chi connectivity index (χ2n) is 7.01. The Kier molecular flexibility index (Phi) is 7.56. The van der Waals surface area contributed by atoms with Crippen molar-refractivity contribution in [1.82, 2.24) is 10.6 Å². The zero-order valence-electron chi connectivity index (χ0n) is 16.0. The van der Waals surface area contributed by atoms with Crippen LogP contribution in [0, 0.1) is 5.92 Å². The molecule has 0 spiro atoms. The molecule has 0 heterocycles. The molecule has 1 saturated carbocycles. The third-order valence-electron chi connectivity index (χ3n) is 4.31. The Hall–Kier alpha value is -1.75. The molecule has 0 aromatic heterocycles. The zero-order chi connectivity index (χ0) is 18.2. The fourth-order valence-corrected chi connectivity index (χ4v) is 2.93. The molecule has 0 radical (unpaired) electrons. The zero-order valence-corrected chi connectivity index (χ0v) is 16.0. The maximum absolute atomic E-state index is 10.4. The number of nitrogens with one attached hydrogen (secondary N) is 2. The molecule has 1 aliphatic rings. The fraction of sp³-hybridized carbons (Fsp3) is 0.650. The predicted molar refractivity (Wildman–Crippen MR) is 103 cm³/mol. The maximum Gasteiger partial charge on any atom is 0.191 e. The van der Waals surface area contributed by atoms with Gasteiger partial charge >= 0.3 is 0 Å². The van der Waals surface area contributed by atoms with Gasteiger partial charge in [-0.15, -0.1) is 0 Å². The fourth-order valence-electron chi connectivity index (χ4n) is 2.93. The van der Waals surface area contributed by atoms with Crippen molar-refractivity contribution < 1.29 is 9.84 Å². The smallest absolute Gasteiger partial charge is 0.191 e. The van der Waals surface area contributed by atoms with Gasteiger partial charge in [-0.05, 0) is 57.2 Å². The quantitative estimate of drug-likeness (QED) is 0.474. The highest BCUT2D eigenvalue weighted by Crippen LogP contribution is 2.34. The van der Waals surface area contributed by atoms with Gasteiger partial charge in [0.2, 0.25) is 0 Å². The molecule has 0 saturated heterocycles. The topological polar surface area (TPSA) is 65.9 Å². The van der Waals surface area contributed by atoms with Gasteiger partial charge in [0, 0.05) is 12.6 Å². The largest absolute Gasteiger partial charge is 0.491 e. The molecule has 1 aromatic rings. The minimum absolute atomic E-state index is 0.146. The van der Waals surface area contributed by atoms with E-state index in [1.54, 1.807) is 0 Å². The number of ether oxygens (including phenoxy) is 1. The van der Waals surface area contributed by atoms with Gasteiger partial charge in [0.1, 0.15) is 5.75 Å². The molecule has 0 aliphatic heterocycles. The van der Waals surface area contributed by atoms with Crippen LogP contribution in [0.1, 0.15) is 58.6 Å². The number of aliphatic hydroxyl groups is 1. The Bertz CT molecular complexity index is 542. The Morgan fingerprint density at radius 2 is 2.00 bits per heavy atom. The first-order valence-electron chi connectivity index (χ1n) is 9.53. The van der Waals surface area contributed by atoms with E-state index >= 15 is 0 Å². The van der Waals surface area contributed by atoms with Crippen LogP contribution in [0.25, 0.3) is 0 Å². The van der Waals surface area contributed by atoms with Crippen LogP contribution >= 0.6 is 0 Å². The van der Waals surface area contributed by atoms with Crippen molar-refractivity contribution in [3.05, 3.63) is 29.8 Å². The molecular formula is C20H33N3O2. The monoisotopic (exact) mass is 347 g/mol. The summed E-state index contributed by atoms with van der Waals surface area (Å²) in [6.45, 7) is 9.43. The Labute approximate surface area is 151 Å². The molecule has 0 bridgehead atoms. The Morgan fingerprint density at radius 1 is 1.28 bits per heavy atom. The van der Waals surface area contributed by atoms with Crippen molar-refractivity contribution in [1.29, 1.82) is 0 Å². The molecule has 1 fully saturated rings. The Morgan fingerprint density at radius 3 is 2.60 bits per heavy atom. The number of rotatable bonds is 9. The minimum Gasteiger partial charge on any atom is -0.491 e. The third-order valence-corrected chi connectivity index (χ3v) is 4.31. The number of hydrogen-bond acceptors (Lipinski definition) is 3. The molecule has 2 rings (SSSR count). The third kappa shape index (κ3) is 6.58. The van der Waals surface area contributed by atoms with Crippen LogP contribution in [-0.2, 0) is 0 Å². The molecule has 0 amide bonds. The van der Waals surface area contributed by atoms with Gasteiger partial charge in [-0.2, -0.15) is 0 Å². The normalized spacial score (nSPS) is 21.1. The molecule has 1 aromatic carbocycles. The lowest BCUT2D eigenvalue weighted by Gasteiger charge is -2.14. The van der Waals surface area contributed by atoms with E-state index in [1.165, 1.54) is 19.3 Å². The molecule has 25 heavy (non-hydrogen) atoms. The summed E-state index contributed by atoms with van der Waals surface area (Å²) >= 11 is 0. The molecule has 5 nitrogen and oxygen atoms in total. The summed E-state index contributed by atoms with van der Waals surface area (Å²) in [6.07, 6.45) is 3.25. The lowest BCUT2D eigenvalue weighted by molar-refractivity contribution is 0.186. The van der Waals surface area contributed by atoms with Gasteiger partial charge in [0.15, 0.2) is 5.96 Å². The van der Waals surface area contributed by atoms with Crippen molar-refractivity contribution in [2.45, 2.75) is 65.2 Å². The van der Waals surface area contributed by atoms with E-state index in [9.17, 15) is 5.11 Å². The highest BCUT2D eigenvalue weighted by Gasteiger charge is 2.36. The highest BCUT2D eigenvalue weighted by atomic mass is 16.5. The van der Waals surface area contributed by atoms with E-state index in [2.05, 4.69) is 29.5 Å². The van der Waals surface area contributed by atoms with E-state index in [1.807, 2.05) is 38.1 Å². The van der Waals surface area contributed by atoms with E-state index in [0.717, 1.165) is 29.7 Å². The van der Waals surface area contributed by atoms with Gasteiger partial charge in [-0.1, -0.05) is 25.5 Å². The Balaban J connectivity index is 1.88. The summed E-state index contributed by atoms with van der Waals surface area (Å²) in [5.41, 5.74) is 0.853. The first-order chi connectivity index (χ1) is 12.0. The van der Waals surface area contributed by atoms with Gasteiger partial charge in [0.05, 0.1) is 18.8 Å². The molecule has 3 N–H and O–H groups in total. The first kappa shape index (κ1) is 19.6. The van der Waals surface area contributed by atoms with Crippen molar-refractivity contribution in [2.24, 2.45) is 10.9 Å². The summed E-state index contributed by atoms with van der Waals surface area (Å²) in [6, 6.07) is 8.12. The molecule has 140 valence electrons. The lowest BCUT2D eigenvalue weighted by Crippen LogP contribution is -2.39. The van der Waals surface area contributed by atoms with Crippen molar-refractivity contribution in [3.8, 4) is 5.75 Å². The molecule has 3 atom stereocenters. The summed E-state index contributed by atoms with van der Waals surface area (Å²) in [5, 5.41) is 17.1. The minimum atomic E-state index is -0.616.